The molecule has 1 fully saturated rings. The first-order chi connectivity index (χ1) is 15.9. The number of piperazine rings is 1. The van der Waals surface area contributed by atoms with E-state index in [1.807, 2.05) is 10.7 Å². The third kappa shape index (κ3) is 3.87. The molecule has 5 rings (SSSR count). The van der Waals surface area contributed by atoms with Crippen LogP contribution in [0.1, 0.15) is 37.8 Å². The third-order valence-corrected chi connectivity index (χ3v) is 7.42. The van der Waals surface area contributed by atoms with Gasteiger partial charge in [-0.15, -0.1) is 0 Å². The van der Waals surface area contributed by atoms with Gasteiger partial charge in [-0.1, -0.05) is 25.2 Å². The van der Waals surface area contributed by atoms with Gasteiger partial charge in [-0.2, -0.15) is 5.10 Å². The number of thiazole rings is 1. The van der Waals surface area contributed by atoms with Crippen molar-refractivity contribution in [1.29, 1.82) is 0 Å². The van der Waals surface area contributed by atoms with Gasteiger partial charge in [-0.25, -0.2) is 14.5 Å². The summed E-state index contributed by atoms with van der Waals surface area (Å²) in [6, 6.07) is 2.46. The van der Waals surface area contributed by atoms with Gasteiger partial charge in [0.05, 0.1) is 12.2 Å². The lowest BCUT2D eigenvalue weighted by Gasteiger charge is -2.39. The normalized spacial score (nSPS) is 17.5. The summed E-state index contributed by atoms with van der Waals surface area (Å²) in [5.41, 5.74) is 6.46. The maximum atomic E-state index is 11.8. The first-order valence-corrected chi connectivity index (χ1v) is 12.2. The van der Waals surface area contributed by atoms with Crippen molar-refractivity contribution in [2.24, 2.45) is 0 Å². The van der Waals surface area contributed by atoms with Gasteiger partial charge in [0, 0.05) is 50.0 Å². The fourth-order valence-corrected chi connectivity index (χ4v) is 5.87. The Bertz CT molecular complexity index is 1320. The quantitative estimate of drug-likeness (QED) is 0.470. The van der Waals surface area contributed by atoms with Crippen molar-refractivity contribution in [2.45, 2.75) is 39.7 Å². The lowest BCUT2D eigenvalue weighted by molar-refractivity contribution is -0.121. The van der Waals surface area contributed by atoms with Crippen LogP contribution in [-0.2, 0) is 4.79 Å². The highest BCUT2D eigenvalue weighted by molar-refractivity contribution is 7.21. The lowest BCUT2D eigenvalue weighted by atomic mass is 9.99. The molecule has 4 aromatic rings. The summed E-state index contributed by atoms with van der Waals surface area (Å²) in [6.45, 7) is 11.7. The average Bonchev–Trinajstić information content (AvgIpc) is 3.47. The molecule has 4 aromatic heterocycles. The highest BCUT2D eigenvalue weighted by atomic mass is 32.1. The summed E-state index contributed by atoms with van der Waals surface area (Å²) in [5.74, 6) is 0.379. The number of anilines is 1. The number of hydrogen-bond donors (Lipinski definition) is 2. The smallest absolute Gasteiger partial charge is 0.233 e. The van der Waals surface area contributed by atoms with Crippen LogP contribution >= 0.6 is 11.3 Å². The number of carbonyl (C=O) groups is 1. The van der Waals surface area contributed by atoms with Crippen molar-refractivity contribution in [3.63, 3.8) is 0 Å². The molecule has 0 aromatic carbocycles. The number of amides is 1. The summed E-state index contributed by atoms with van der Waals surface area (Å²) in [6.07, 6.45) is 3.62. The van der Waals surface area contributed by atoms with Crippen molar-refractivity contribution in [3.8, 4) is 11.3 Å². The number of hydrogen-bond acceptors (Lipinski definition) is 7. The molecule has 0 spiro atoms. The van der Waals surface area contributed by atoms with Gasteiger partial charge in [0.1, 0.15) is 16.7 Å². The van der Waals surface area contributed by atoms with Crippen molar-refractivity contribution in [3.05, 3.63) is 29.7 Å². The molecular weight excluding hydrogens is 436 g/mol. The highest BCUT2D eigenvalue weighted by Gasteiger charge is 2.29. The molecule has 9 nitrogen and oxygen atoms in total. The van der Waals surface area contributed by atoms with Crippen LogP contribution in [0.4, 0.5) is 5.13 Å². The van der Waals surface area contributed by atoms with E-state index in [1.54, 1.807) is 24.7 Å². The van der Waals surface area contributed by atoms with Gasteiger partial charge < -0.3 is 15.2 Å². The maximum Gasteiger partial charge on any atom is 0.233 e. The van der Waals surface area contributed by atoms with Gasteiger partial charge in [0.2, 0.25) is 5.91 Å². The molecule has 0 bridgehead atoms. The number of aromatic amines is 1. The summed E-state index contributed by atoms with van der Waals surface area (Å²) in [7, 11) is 1.69. The first-order valence-electron chi connectivity index (χ1n) is 11.4. The number of carbonyl (C=O) groups excluding carboxylic acids is 1. The molecule has 1 amide bonds. The van der Waals surface area contributed by atoms with Crippen LogP contribution in [0.25, 0.3) is 27.3 Å². The molecule has 1 aliphatic heterocycles. The van der Waals surface area contributed by atoms with E-state index in [2.05, 4.69) is 63.9 Å². The minimum atomic E-state index is 0.0617. The van der Waals surface area contributed by atoms with Gasteiger partial charge in [-0.3, -0.25) is 9.69 Å². The molecule has 5 heterocycles. The van der Waals surface area contributed by atoms with Crippen LogP contribution in [0, 0.1) is 6.92 Å². The van der Waals surface area contributed by atoms with Crippen LogP contribution < -0.4 is 10.2 Å². The molecule has 1 saturated heterocycles. The van der Waals surface area contributed by atoms with Crippen LogP contribution in [0.2, 0.25) is 0 Å². The van der Waals surface area contributed by atoms with E-state index in [4.69, 9.17) is 4.98 Å². The predicted octanol–water partition coefficient (Wildman–Crippen LogP) is 3.02. The fourth-order valence-electron chi connectivity index (χ4n) is 4.76. The number of aryl methyl sites for hydroxylation is 1. The van der Waals surface area contributed by atoms with E-state index in [9.17, 15) is 4.79 Å². The number of H-pyrrole nitrogens is 1. The number of nitrogens with zero attached hydrogens (tertiary/aromatic N) is 6. The molecular formula is C23H30N8OS. The Morgan fingerprint density at radius 1 is 1.36 bits per heavy atom. The molecule has 0 aliphatic carbocycles. The third-order valence-electron chi connectivity index (χ3n) is 6.41. The minimum Gasteiger partial charge on any atom is -0.358 e. The largest absolute Gasteiger partial charge is 0.358 e. The summed E-state index contributed by atoms with van der Waals surface area (Å²) < 4.78 is 1.84. The Morgan fingerprint density at radius 3 is 2.91 bits per heavy atom. The molecule has 2 N–H and O–H groups in total. The van der Waals surface area contributed by atoms with Gasteiger partial charge in [-0.05, 0) is 31.4 Å². The second kappa shape index (κ2) is 8.42. The summed E-state index contributed by atoms with van der Waals surface area (Å²) in [4.78, 5) is 30.6. The fraction of sp³-hybridized carbons (Fsp3) is 0.478. The van der Waals surface area contributed by atoms with E-state index in [0.29, 0.717) is 12.5 Å². The monoisotopic (exact) mass is 466 g/mol. The molecule has 1 aliphatic rings. The summed E-state index contributed by atoms with van der Waals surface area (Å²) in [5, 5.41) is 8.09. The molecule has 174 valence electrons. The molecule has 1 atom stereocenters. The van der Waals surface area contributed by atoms with E-state index in [-0.39, 0.29) is 11.9 Å². The van der Waals surface area contributed by atoms with E-state index >= 15 is 0 Å². The Kier molecular flexibility index (Phi) is 5.57. The maximum absolute atomic E-state index is 11.8. The zero-order chi connectivity index (χ0) is 23.3. The van der Waals surface area contributed by atoms with Crippen molar-refractivity contribution in [2.75, 3.05) is 38.1 Å². The Hall–Kier alpha value is -2.98. The van der Waals surface area contributed by atoms with E-state index in [1.165, 1.54) is 5.56 Å². The lowest BCUT2D eigenvalue weighted by Crippen LogP contribution is -2.53. The van der Waals surface area contributed by atoms with Crippen molar-refractivity contribution in [1.82, 2.24) is 34.8 Å². The number of pyridine rings is 1. The zero-order valence-corrected chi connectivity index (χ0v) is 20.5. The van der Waals surface area contributed by atoms with Gasteiger partial charge >= 0.3 is 0 Å². The minimum absolute atomic E-state index is 0.0617. The Morgan fingerprint density at radius 2 is 2.18 bits per heavy atom. The summed E-state index contributed by atoms with van der Waals surface area (Å²) >= 11 is 1.71. The van der Waals surface area contributed by atoms with Crippen LogP contribution in [0.15, 0.2) is 18.6 Å². The average molecular weight is 467 g/mol. The van der Waals surface area contributed by atoms with Crippen molar-refractivity contribution >= 4 is 38.4 Å². The topological polar surface area (TPSA) is 94.4 Å². The standard InChI is InChI=1S/C23H30N8OS/c1-13(2)18-19(16-8-14(3)21-25-12-26-31(21)10-16)27-22-20(18)28-23(33-22)30-7-6-29(9-15(30)4)11-17(32)24-5/h8,10,12-13,15,27H,6-7,9,11H2,1-5H3,(H,24,32)/t15-/m1/s1. The van der Waals surface area contributed by atoms with Gasteiger partial charge in [0.25, 0.3) is 0 Å². The zero-order valence-electron chi connectivity index (χ0n) is 19.7. The molecule has 10 heteroatoms. The van der Waals surface area contributed by atoms with E-state index < -0.39 is 0 Å². The molecule has 33 heavy (non-hydrogen) atoms. The Balaban J connectivity index is 1.47. The second-order valence-electron chi connectivity index (χ2n) is 9.13. The highest BCUT2D eigenvalue weighted by Crippen LogP contribution is 2.40. The van der Waals surface area contributed by atoms with Crippen LogP contribution in [-0.4, -0.2) is 74.6 Å². The second-order valence-corrected chi connectivity index (χ2v) is 10.1. The molecule has 0 radical (unpaired) electrons. The Labute approximate surface area is 196 Å². The van der Waals surface area contributed by atoms with Gasteiger partial charge in [0.15, 0.2) is 10.8 Å². The SMILES string of the molecule is CNC(=O)CN1CCN(c2nc3c(C(C)C)c(-c4cc(C)c5ncnn5c4)[nH]c3s2)[C@H](C)C1. The molecule has 0 unspecified atom stereocenters. The van der Waals surface area contributed by atoms with Crippen molar-refractivity contribution < 1.29 is 4.79 Å². The van der Waals surface area contributed by atoms with Crippen LogP contribution in [0.5, 0.6) is 0 Å². The first kappa shape index (κ1) is 21.8. The number of likely N-dealkylation sites (N-methyl/N-ethyl adjacent to an activating group) is 1. The molecule has 0 saturated carbocycles. The number of nitrogens with one attached hydrogen (secondary N) is 2. The van der Waals surface area contributed by atoms with E-state index in [0.717, 1.165) is 57.6 Å². The predicted molar refractivity (Wildman–Crippen MR) is 132 cm³/mol. The van der Waals surface area contributed by atoms with Crippen LogP contribution in [0.3, 0.4) is 0 Å². The number of aromatic nitrogens is 5. The number of fused-ring (bicyclic) bond motifs is 2. The number of rotatable bonds is 5.